The van der Waals surface area contributed by atoms with Crippen molar-refractivity contribution in [1.82, 2.24) is 10.2 Å². The predicted octanol–water partition coefficient (Wildman–Crippen LogP) is 1.53. The summed E-state index contributed by atoms with van der Waals surface area (Å²) < 4.78 is 14.1. The maximum Gasteiger partial charge on any atom is 0.304 e. The Labute approximate surface area is 130 Å². The van der Waals surface area contributed by atoms with Crippen LogP contribution < -0.4 is 10.2 Å². The molecule has 0 aliphatic carbocycles. The third-order valence-electron chi connectivity index (χ3n) is 3.85. The molecule has 1 aromatic rings. The number of aliphatic carboxylic acids is 1. The summed E-state index contributed by atoms with van der Waals surface area (Å²) in [5, 5.41) is 12.0. The van der Waals surface area contributed by atoms with Crippen LogP contribution in [0.2, 0.25) is 0 Å². The van der Waals surface area contributed by atoms with E-state index in [1.165, 1.54) is 6.07 Å². The van der Waals surface area contributed by atoms with Gasteiger partial charge in [-0.25, -0.2) is 4.39 Å². The quantitative estimate of drug-likeness (QED) is 0.835. The zero-order valence-electron chi connectivity index (χ0n) is 13.0. The topological polar surface area (TPSA) is 55.8 Å². The van der Waals surface area contributed by atoms with Gasteiger partial charge in [0.05, 0.1) is 12.1 Å². The molecule has 0 unspecified atom stereocenters. The molecule has 6 heteroatoms. The van der Waals surface area contributed by atoms with Crippen molar-refractivity contribution in [1.29, 1.82) is 0 Å². The lowest BCUT2D eigenvalue weighted by Gasteiger charge is -2.24. The van der Waals surface area contributed by atoms with Crippen molar-refractivity contribution in [2.45, 2.75) is 19.4 Å². The van der Waals surface area contributed by atoms with Crippen molar-refractivity contribution in [2.75, 3.05) is 44.7 Å². The van der Waals surface area contributed by atoms with Gasteiger partial charge >= 0.3 is 5.97 Å². The first-order valence-corrected chi connectivity index (χ1v) is 7.70. The number of benzene rings is 1. The molecule has 0 aromatic heterocycles. The van der Waals surface area contributed by atoms with E-state index in [4.69, 9.17) is 5.11 Å². The van der Waals surface area contributed by atoms with Crippen molar-refractivity contribution >= 4 is 11.7 Å². The molecule has 0 saturated carbocycles. The van der Waals surface area contributed by atoms with Crippen LogP contribution in [0.1, 0.15) is 18.4 Å². The summed E-state index contributed by atoms with van der Waals surface area (Å²) in [6, 6.07) is 5.16. The van der Waals surface area contributed by atoms with Crippen molar-refractivity contribution < 1.29 is 14.3 Å². The zero-order valence-corrected chi connectivity index (χ0v) is 13.0. The molecule has 0 atom stereocenters. The summed E-state index contributed by atoms with van der Waals surface area (Å²) in [6.45, 7) is 4.58. The van der Waals surface area contributed by atoms with Gasteiger partial charge in [0.1, 0.15) is 5.82 Å². The highest BCUT2D eigenvalue weighted by molar-refractivity contribution is 5.66. The summed E-state index contributed by atoms with van der Waals surface area (Å²) in [5.41, 5.74) is 1.65. The Morgan fingerprint density at radius 2 is 2.23 bits per heavy atom. The lowest BCUT2D eigenvalue weighted by Crippen LogP contribution is -2.29. The lowest BCUT2D eigenvalue weighted by atomic mass is 10.1. The molecule has 0 spiro atoms. The number of carboxylic acid groups (broad SMARTS) is 1. The van der Waals surface area contributed by atoms with Gasteiger partial charge in [-0.15, -0.1) is 0 Å². The van der Waals surface area contributed by atoms with E-state index in [0.29, 0.717) is 18.8 Å². The maximum atomic E-state index is 14.1. The van der Waals surface area contributed by atoms with E-state index in [0.717, 1.165) is 38.2 Å². The molecule has 1 aromatic carbocycles. The molecule has 1 saturated heterocycles. The van der Waals surface area contributed by atoms with Crippen molar-refractivity contribution in [3.05, 3.63) is 29.6 Å². The molecule has 1 heterocycles. The van der Waals surface area contributed by atoms with E-state index in [-0.39, 0.29) is 12.2 Å². The van der Waals surface area contributed by atoms with E-state index in [1.54, 1.807) is 6.07 Å². The van der Waals surface area contributed by atoms with E-state index >= 15 is 0 Å². The van der Waals surface area contributed by atoms with Crippen LogP contribution in [-0.4, -0.2) is 55.7 Å². The summed E-state index contributed by atoms with van der Waals surface area (Å²) in [7, 11) is 1.88. The van der Waals surface area contributed by atoms with Crippen LogP contribution in [0.5, 0.6) is 0 Å². The van der Waals surface area contributed by atoms with Gasteiger partial charge in [0.2, 0.25) is 0 Å². The molecule has 2 rings (SSSR count). The molecule has 0 radical (unpaired) electrons. The van der Waals surface area contributed by atoms with Crippen LogP contribution in [0, 0.1) is 5.82 Å². The van der Waals surface area contributed by atoms with Gasteiger partial charge in [-0.05, 0) is 37.7 Å². The Morgan fingerprint density at radius 1 is 1.41 bits per heavy atom. The Kier molecular flexibility index (Phi) is 6.15. The average molecular weight is 309 g/mol. The van der Waals surface area contributed by atoms with E-state index in [1.807, 2.05) is 18.0 Å². The average Bonchev–Trinajstić information content (AvgIpc) is 2.76. The minimum Gasteiger partial charge on any atom is -0.481 e. The van der Waals surface area contributed by atoms with Crippen molar-refractivity contribution in [3.8, 4) is 0 Å². The third kappa shape index (κ3) is 4.96. The highest BCUT2D eigenvalue weighted by Crippen LogP contribution is 2.22. The number of carboxylic acids is 1. The van der Waals surface area contributed by atoms with E-state index < -0.39 is 5.97 Å². The first kappa shape index (κ1) is 16.7. The number of nitrogens with one attached hydrogen (secondary N) is 1. The summed E-state index contributed by atoms with van der Waals surface area (Å²) in [6.07, 6.45) is 1.12. The fourth-order valence-corrected chi connectivity index (χ4v) is 2.66. The molecule has 1 aliphatic rings. The molecule has 1 fully saturated rings. The second-order valence-corrected chi connectivity index (χ2v) is 5.76. The van der Waals surface area contributed by atoms with Crippen LogP contribution in [0.15, 0.2) is 18.2 Å². The molecular formula is C16H24FN3O2. The number of hydrogen-bond donors (Lipinski definition) is 2. The Balaban J connectivity index is 2.03. The van der Waals surface area contributed by atoms with Crippen LogP contribution in [0.25, 0.3) is 0 Å². The summed E-state index contributed by atoms with van der Waals surface area (Å²) in [5.74, 6) is -0.998. The monoisotopic (exact) mass is 309 g/mol. The van der Waals surface area contributed by atoms with Gasteiger partial charge in [0, 0.05) is 32.7 Å². The van der Waals surface area contributed by atoms with Gasteiger partial charge < -0.3 is 20.2 Å². The third-order valence-corrected chi connectivity index (χ3v) is 3.85. The second-order valence-electron chi connectivity index (χ2n) is 5.76. The van der Waals surface area contributed by atoms with Crippen LogP contribution in [-0.2, 0) is 11.3 Å². The van der Waals surface area contributed by atoms with Crippen LogP contribution >= 0.6 is 0 Å². The molecule has 0 bridgehead atoms. The Hall–Kier alpha value is -1.66. The van der Waals surface area contributed by atoms with Gasteiger partial charge in [-0.2, -0.15) is 0 Å². The molecule has 2 N–H and O–H groups in total. The minimum absolute atomic E-state index is 0.113. The van der Waals surface area contributed by atoms with E-state index in [2.05, 4.69) is 10.2 Å². The molecule has 122 valence electrons. The molecule has 1 aliphatic heterocycles. The number of hydrogen-bond acceptors (Lipinski definition) is 4. The maximum absolute atomic E-state index is 14.1. The number of carbonyl (C=O) groups is 1. The standard InChI is InChI=1S/C16H24FN3O2/c1-19(9-5-16(21)22)12-13-3-4-14(17)15(11-13)20-8-2-6-18-7-10-20/h3-4,11,18H,2,5-10,12H2,1H3,(H,21,22). The SMILES string of the molecule is CN(CCC(=O)O)Cc1ccc(F)c(N2CCCNCC2)c1. The molecule has 22 heavy (non-hydrogen) atoms. The molecule has 5 nitrogen and oxygen atoms in total. The fourth-order valence-electron chi connectivity index (χ4n) is 2.66. The molecular weight excluding hydrogens is 285 g/mol. The highest BCUT2D eigenvalue weighted by atomic mass is 19.1. The number of nitrogens with zero attached hydrogens (tertiary/aromatic N) is 2. The van der Waals surface area contributed by atoms with Crippen LogP contribution in [0.3, 0.4) is 0 Å². The zero-order chi connectivity index (χ0) is 15.9. The largest absolute Gasteiger partial charge is 0.481 e. The van der Waals surface area contributed by atoms with Crippen LogP contribution in [0.4, 0.5) is 10.1 Å². The van der Waals surface area contributed by atoms with Crippen molar-refractivity contribution in [3.63, 3.8) is 0 Å². The Bertz CT molecular complexity index is 502. The summed E-state index contributed by atoms with van der Waals surface area (Å²) >= 11 is 0. The number of halogens is 1. The van der Waals surface area contributed by atoms with E-state index in [9.17, 15) is 9.18 Å². The summed E-state index contributed by atoms with van der Waals surface area (Å²) in [4.78, 5) is 14.6. The second kappa shape index (κ2) is 8.10. The van der Waals surface area contributed by atoms with Gasteiger partial charge in [-0.1, -0.05) is 6.07 Å². The lowest BCUT2D eigenvalue weighted by molar-refractivity contribution is -0.137. The minimum atomic E-state index is -0.802. The normalized spacial score (nSPS) is 15.9. The smallest absolute Gasteiger partial charge is 0.304 e. The first-order chi connectivity index (χ1) is 10.6. The fraction of sp³-hybridized carbons (Fsp3) is 0.562. The first-order valence-electron chi connectivity index (χ1n) is 7.70. The van der Waals surface area contributed by atoms with Gasteiger partial charge in [0.15, 0.2) is 0 Å². The van der Waals surface area contributed by atoms with Gasteiger partial charge in [0.25, 0.3) is 0 Å². The van der Waals surface area contributed by atoms with Gasteiger partial charge in [-0.3, -0.25) is 4.79 Å². The predicted molar refractivity (Wildman–Crippen MR) is 84.7 cm³/mol. The molecule has 0 amide bonds. The number of rotatable bonds is 6. The van der Waals surface area contributed by atoms with Crippen molar-refractivity contribution in [2.24, 2.45) is 0 Å². The highest BCUT2D eigenvalue weighted by Gasteiger charge is 2.14. The Morgan fingerprint density at radius 3 is 3.00 bits per heavy atom. The number of anilines is 1.